The molecule has 0 aliphatic rings. The molecule has 3 aromatic rings. The molecule has 0 aliphatic carbocycles. The van der Waals surface area contributed by atoms with Crippen LogP contribution in [0.2, 0.25) is 5.02 Å². The highest BCUT2D eigenvalue weighted by Gasteiger charge is 2.18. The van der Waals surface area contributed by atoms with E-state index in [1.807, 2.05) is 35.8 Å². The number of nitrogens with one attached hydrogen (secondary N) is 2. The van der Waals surface area contributed by atoms with Gasteiger partial charge in [-0.3, -0.25) is 9.59 Å². The molecule has 2 amide bonds. The van der Waals surface area contributed by atoms with Crippen LogP contribution in [0.15, 0.2) is 52.1 Å². The van der Waals surface area contributed by atoms with E-state index in [4.69, 9.17) is 16.3 Å². The molecule has 8 nitrogen and oxygen atoms in total. The number of hydrogen-bond donors (Lipinski definition) is 2. The maximum absolute atomic E-state index is 12.5. The Labute approximate surface area is 222 Å². The number of aryl methyl sites for hydroxylation is 1. The lowest BCUT2D eigenvalue weighted by molar-refractivity contribution is -0.127. The van der Waals surface area contributed by atoms with Crippen LogP contribution in [0.25, 0.3) is 0 Å². The van der Waals surface area contributed by atoms with Gasteiger partial charge in [0.25, 0.3) is 5.91 Å². The van der Waals surface area contributed by atoms with Gasteiger partial charge in [-0.15, -0.1) is 10.2 Å². The minimum absolute atomic E-state index is 0.159. The summed E-state index contributed by atoms with van der Waals surface area (Å²) < 4.78 is 8.31. The Bertz CT molecular complexity index is 1170. The summed E-state index contributed by atoms with van der Waals surface area (Å²) in [7, 11) is 0. The number of halogens is 2. The lowest BCUT2D eigenvalue weighted by Crippen LogP contribution is -2.36. The molecule has 0 saturated heterocycles. The summed E-state index contributed by atoms with van der Waals surface area (Å²) in [6, 6.07) is 12.9. The van der Waals surface area contributed by atoms with E-state index < -0.39 is 6.10 Å². The second-order valence-electron chi connectivity index (χ2n) is 7.58. The predicted octanol–water partition coefficient (Wildman–Crippen LogP) is 5.09. The zero-order valence-electron chi connectivity index (χ0n) is 19.7. The lowest BCUT2D eigenvalue weighted by Gasteiger charge is -2.15. The monoisotopic (exact) mass is 579 g/mol. The molecule has 3 rings (SSSR count). The molecule has 35 heavy (non-hydrogen) atoms. The Hall–Kier alpha value is -2.56. The number of thioether (sulfide) groups is 1. The van der Waals surface area contributed by atoms with Crippen molar-refractivity contribution in [1.29, 1.82) is 0 Å². The second kappa shape index (κ2) is 12.9. The zero-order valence-corrected chi connectivity index (χ0v) is 22.8. The Morgan fingerprint density at radius 1 is 1.17 bits per heavy atom. The van der Waals surface area contributed by atoms with Crippen molar-refractivity contribution in [2.45, 2.75) is 51.5 Å². The quantitative estimate of drug-likeness (QED) is 0.307. The molecule has 1 aromatic heterocycles. The standard InChI is InChI=1S/C24H27BrClN5O3S/c1-4-16-6-9-18(10-7-16)34-15(3)23(33)27-13-21-29-30-24(31(21)5-2)35-14-22(32)28-17-8-11-20(26)19(25)12-17/h6-12,15H,4-5,13-14H2,1-3H3,(H,27,33)(H,28,32)/t15-/m0/s1. The number of carbonyl (C=O) groups is 2. The van der Waals surface area contributed by atoms with Crippen molar-refractivity contribution in [2.75, 3.05) is 11.1 Å². The van der Waals surface area contributed by atoms with Crippen molar-refractivity contribution < 1.29 is 14.3 Å². The smallest absolute Gasteiger partial charge is 0.261 e. The van der Waals surface area contributed by atoms with Gasteiger partial charge in [-0.25, -0.2) is 0 Å². The zero-order chi connectivity index (χ0) is 25.4. The van der Waals surface area contributed by atoms with Gasteiger partial charge in [-0.05, 0) is 72.1 Å². The number of hydrogen-bond acceptors (Lipinski definition) is 6. The maximum atomic E-state index is 12.5. The molecule has 2 aromatic carbocycles. The molecule has 11 heteroatoms. The van der Waals surface area contributed by atoms with Gasteiger partial charge in [0.05, 0.1) is 17.3 Å². The molecular formula is C24H27BrClN5O3S. The fraction of sp³-hybridized carbons (Fsp3) is 0.333. The number of ether oxygens (including phenoxy) is 1. The van der Waals surface area contributed by atoms with Gasteiger partial charge in [-0.1, -0.05) is 42.4 Å². The van der Waals surface area contributed by atoms with Crippen molar-refractivity contribution in [3.63, 3.8) is 0 Å². The fourth-order valence-electron chi connectivity index (χ4n) is 3.15. The molecular weight excluding hydrogens is 554 g/mol. The molecule has 0 aliphatic heterocycles. The number of amides is 2. The first-order valence-corrected chi connectivity index (χ1v) is 13.3. The van der Waals surface area contributed by atoms with E-state index in [0.29, 0.717) is 38.5 Å². The van der Waals surface area contributed by atoms with E-state index in [1.54, 1.807) is 25.1 Å². The first-order valence-electron chi connectivity index (χ1n) is 11.1. The Balaban J connectivity index is 1.51. The third-order valence-electron chi connectivity index (χ3n) is 5.08. The Kier molecular flexibility index (Phi) is 10.00. The van der Waals surface area contributed by atoms with E-state index in [2.05, 4.69) is 43.7 Å². The molecule has 2 N–H and O–H groups in total. The van der Waals surface area contributed by atoms with Gasteiger partial charge in [-0.2, -0.15) is 0 Å². The van der Waals surface area contributed by atoms with Crippen LogP contribution < -0.4 is 15.4 Å². The van der Waals surface area contributed by atoms with Crippen LogP contribution in [0.5, 0.6) is 5.75 Å². The molecule has 0 unspecified atom stereocenters. The number of nitrogens with zero attached hydrogens (tertiary/aromatic N) is 3. The predicted molar refractivity (Wildman–Crippen MR) is 142 cm³/mol. The largest absolute Gasteiger partial charge is 0.481 e. The Morgan fingerprint density at radius 2 is 1.91 bits per heavy atom. The van der Waals surface area contributed by atoms with Crippen LogP contribution in [0.3, 0.4) is 0 Å². The van der Waals surface area contributed by atoms with Crippen LogP contribution in [0.1, 0.15) is 32.2 Å². The molecule has 186 valence electrons. The highest BCUT2D eigenvalue weighted by atomic mass is 79.9. The number of aromatic nitrogens is 3. The lowest BCUT2D eigenvalue weighted by atomic mass is 10.2. The van der Waals surface area contributed by atoms with Crippen LogP contribution in [0.4, 0.5) is 5.69 Å². The second-order valence-corrected chi connectivity index (χ2v) is 9.79. The van der Waals surface area contributed by atoms with Gasteiger partial charge < -0.3 is 19.9 Å². The van der Waals surface area contributed by atoms with Gasteiger partial charge in [0.15, 0.2) is 17.1 Å². The van der Waals surface area contributed by atoms with Gasteiger partial charge in [0, 0.05) is 16.7 Å². The molecule has 0 saturated carbocycles. The van der Waals surface area contributed by atoms with Crippen molar-refractivity contribution in [3.05, 3.63) is 63.3 Å². The summed E-state index contributed by atoms with van der Waals surface area (Å²) in [4.78, 5) is 24.9. The van der Waals surface area contributed by atoms with Crippen LogP contribution in [-0.2, 0) is 29.1 Å². The van der Waals surface area contributed by atoms with Crippen molar-refractivity contribution in [3.8, 4) is 5.75 Å². The summed E-state index contributed by atoms with van der Waals surface area (Å²) in [6.07, 6.45) is 0.283. The summed E-state index contributed by atoms with van der Waals surface area (Å²) >= 11 is 10.6. The van der Waals surface area contributed by atoms with Crippen molar-refractivity contribution >= 4 is 56.8 Å². The van der Waals surface area contributed by atoms with E-state index in [0.717, 1.165) is 6.42 Å². The summed E-state index contributed by atoms with van der Waals surface area (Å²) in [5.74, 6) is 0.974. The van der Waals surface area contributed by atoms with Gasteiger partial charge in [0.1, 0.15) is 5.75 Å². The van der Waals surface area contributed by atoms with Crippen LogP contribution in [-0.4, -0.2) is 38.4 Å². The molecule has 1 atom stereocenters. The minimum Gasteiger partial charge on any atom is -0.481 e. The van der Waals surface area contributed by atoms with Gasteiger partial charge in [0.2, 0.25) is 5.91 Å². The first-order chi connectivity index (χ1) is 16.8. The summed E-state index contributed by atoms with van der Waals surface area (Å²) in [5, 5.41) is 15.2. The molecule has 0 fully saturated rings. The number of carbonyl (C=O) groups excluding carboxylic acids is 2. The fourth-order valence-corrected chi connectivity index (χ4v) is 4.46. The summed E-state index contributed by atoms with van der Waals surface area (Å²) in [6.45, 7) is 6.54. The van der Waals surface area contributed by atoms with Crippen LogP contribution >= 0.6 is 39.3 Å². The van der Waals surface area contributed by atoms with E-state index in [1.165, 1.54) is 17.3 Å². The average molecular weight is 581 g/mol. The topological polar surface area (TPSA) is 98.1 Å². The number of rotatable bonds is 11. The molecule has 0 spiro atoms. The third-order valence-corrected chi connectivity index (χ3v) is 7.26. The average Bonchev–Trinajstić information content (AvgIpc) is 3.25. The SMILES string of the molecule is CCc1ccc(O[C@@H](C)C(=O)NCc2nnc(SCC(=O)Nc3ccc(Cl)c(Br)c3)n2CC)cc1. The highest BCUT2D eigenvalue weighted by molar-refractivity contribution is 9.10. The number of anilines is 1. The normalized spacial score (nSPS) is 11.7. The van der Waals surface area contributed by atoms with E-state index in [-0.39, 0.29) is 24.1 Å². The van der Waals surface area contributed by atoms with Gasteiger partial charge >= 0.3 is 0 Å². The summed E-state index contributed by atoms with van der Waals surface area (Å²) in [5.41, 5.74) is 1.85. The molecule has 0 radical (unpaired) electrons. The molecule has 0 bridgehead atoms. The van der Waals surface area contributed by atoms with E-state index >= 15 is 0 Å². The van der Waals surface area contributed by atoms with E-state index in [9.17, 15) is 9.59 Å². The minimum atomic E-state index is -0.661. The third kappa shape index (κ3) is 7.71. The number of benzene rings is 2. The Morgan fingerprint density at radius 3 is 2.57 bits per heavy atom. The maximum Gasteiger partial charge on any atom is 0.261 e. The van der Waals surface area contributed by atoms with Crippen molar-refractivity contribution in [2.24, 2.45) is 0 Å². The van der Waals surface area contributed by atoms with Crippen LogP contribution in [0, 0.1) is 0 Å². The molecule has 1 heterocycles. The highest BCUT2D eigenvalue weighted by Crippen LogP contribution is 2.26. The van der Waals surface area contributed by atoms with Crippen molar-refractivity contribution in [1.82, 2.24) is 20.1 Å². The first kappa shape index (κ1) is 27.0.